The van der Waals surface area contributed by atoms with Crippen molar-refractivity contribution in [3.05, 3.63) is 98.4 Å². The van der Waals surface area contributed by atoms with Crippen molar-refractivity contribution in [3.8, 4) is 0 Å². The molecule has 2 aromatic carbocycles. The molecule has 0 fully saturated rings. The molecule has 1 aliphatic heterocycles. The number of halogens is 3. The first-order chi connectivity index (χ1) is 18.6. The Hall–Kier alpha value is -3.89. The molecule has 0 aliphatic carbocycles. The molecule has 11 heteroatoms. The fraction of sp³-hybridized carbons (Fsp3) is 0.214. The number of hydrogen-bond acceptors (Lipinski definition) is 6. The molecule has 3 aromatic rings. The topological polar surface area (TPSA) is 116 Å². The van der Waals surface area contributed by atoms with E-state index in [1.165, 1.54) is 23.6 Å². The summed E-state index contributed by atoms with van der Waals surface area (Å²) in [6, 6.07) is 12.2. The number of rotatable bonds is 8. The van der Waals surface area contributed by atoms with Crippen LogP contribution < -0.4 is 11.1 Å². The second kappa shape index (κ2) is 13.3. The predicted molar refractivity (Wildman–Crippen MR) is 149 cm³/mol. The minimum absolute atomic E-state index is 0.0806. The first-order valence-corrected chi connectivity index (χ1v) is 13.3. The van der Waals surface area contributed by atoms with Gasteiger partial charge in [-0.1, -0.05) is 43.6 Å². The number of thiophene rings is 1. The van der Waals surface area contributed by atoms with Gasteiger partial charge in [0.1, 0.15) is 5.17 Å². The number of carbonyl (C=O) groups is 3. The van der Waals surface area contributed by atoms with Crippen LogP contribution in [0.25, 0.3) is 5.57 Å². The fourth-order valence-electron chi connectivity index (χ4n) is 3.88. The van der Waals surface area contributed by atoms with Gasteiger partial charge in [0.05, 0.1) is 16.0 Å². The van der Waals surface area contributed by atoms with Crippen LogP contribution in [0.2, 0.25) is 0 Å². The van der Waals surface area contributed by atoms with E-state index in [0.29, 0.717) is 33.6 Å². The number of amides is 3. The first-order valence-electron chi connectivity index (χ1n) is 12.1. The minimum atomic E-state index is -0.780. The minimum Gasteiger partial charge on any atom is -0.404 e. The van der Waals surface area contributed by atoms with E-state index in [9.17, 15) is 23.2 Å². The van der Waals surface area contributed by atoms with E-state index in [-0.39, 0.29) is 36.0 Å². The van der Waals surface area contributed by atoms with Gasteiger partial charge in [-0.2, -0.15) is 0 Å². The van der Waals surface area contributed by atoms with Gasteiger partial charge in [0.15, 0.2) is 11.6 Å². The van der Waals surface area contributed by atoms with Crippen molar-refractivity contribution >= 4 is 51.4 Å². The summed E-state index contributed by atoms with van der Waals surface area (Å²) in [5.74, 6) is -2.59. The van der Waals surface area contributed by atoms with Gasteiger partial charge >= 0.3 is 0 Å². The number of allylic oxidation sites excluding steroid dienone is 1. The van der Waals surface area contributed by atoms with Gasteiger partial charge in [-0.25, -0.2) is 8.78 Å². The van der Waals surface area contributed by atoms with Gasteiger partial charge in [-0.05, 0) is 48.7 Å². The number of benzene rings is 2. The molecule has 0 radical (unpaired) electrons. The van der Waals surface area contributed by atoms with Crippen molar-refractivity contribution in [2.75, 3.05) is 13.1 Å². The molecular weight excluding hydrogens is 546 g/mol. The van der Waals surface area contributed by atoms with Crippen molar-refractivity contribution in [1.82, 2.24) is 10.2 Å². The number of nitrogens with zero attached hydrogens (tertiary/aromatic N) is 1. The van der Waals surface area contributed by atoms with Crippen LogP contribution in [0.5, 0.6) is 0 Å². The fourth-order valence-corrected chi connectivity index (χ4v) is 5.08. The first kappa shape index (κ1) is 29.7. The predicted octanol–water partition coefficient (Wildman–Crippen LogP) is 5.38. The van der Waals surface area contributed by atoms with Crippen molar-refractivity contribution in [1.29, 1.82) is 5.41 Å². The molecule has 0 bridgehead atoms. The zero-order chi connectivity index (χ0) is 28.7. The Morgan fingerprint density at radius 3 is 2.21 bits per heavy atom. The van der Waals surface area contributed by atoms with Crippen LogP contribution in [-0.2, 0) is 12.8 Å². The quantitative estimate of drug-likeness (QED) is 0.248. The summed E-state index contributed by atoms with van der Waals surface area (Å²) in [6.45, 7) is 4.04. The Bertz CT molecular complexity index is 1420. The standard InChI is InChI=1S/C20H19ClN4O3S.C8H8F2/c1-2-15-13(14(10-22)17(21)23)9-16(29-15)18(26)24-7-8-25-19(27)11-5-3-4-6-12(11)20(25)28;1-2-6-3-4-7(9)8(10)5-6/h3-6,9-10,23H,2,7-8,22H2,1H3,(H,24,26);3-5H,2H2,1H3/b14-10-,23-17?;. The maximum atomic E-state index is 12.5. The molecule has 2 heterocycles. The second-order valence-electron chi connectivity index (χ2n) is 8.36. The number of nitrogens with two attached hydrogens (primary N) is 1. The average molecular weight is 573 g/mol. The molecule has 4 N–H and O–H groups in total. The number of carbonyl (C=O) groups excluding carboxylic acids is 3. The lowest BCUT2D eigenvalue weighted by molar-refractivity contribution is 0.0650. The van der Waals surface area contributed by atoms with Crippen LogP contribution in [0.1, 0.15) is 60.2 Å². The Morgan fingerprint density at radius 2 is 1.69 bits per heavy atom. The van der Waals surface area contributed by atoms with Gasteiger partial charge < -0.3 is 11.1 Å². The highest BCUT2D eigenvalue weighted by atomic mass is 35.5. The van der Waals surface area contributed by atoms with Gasteiger partial charge in [0.2, 0.25) is 0 Å². The van der Waals surface area contributed by atoms with Gasteiger partial charge in [-0.15, -0.1) is 11.3 Å². The largest absolute Gasteiger partial charge is 0.404 e. The third-order valence-electron chi connectivity index (χ3n) is 5.94. The Kier molecular flexibility index (Phi) is 10.1. The molecule has 3 amide bonds. The van der Waals surface area contributed by atoms with Gasteiger partial charge in [0, 0.05) is 35.3 Å². The smallest absolute Gasteiger partial charge is 0.261 e. The molecule has 0 saturated carbocycles. The van der Waals surface area contributed by atoms with Crippen LogP contribution in [0.15, 0.2) is 54.7 Å². The summed E-state index contributed by atoms with van der Waals surface area (Å²) in [6.07, 6.45) is 2.64. The monoisotopic (exact) mass is 572 g/mol. The second-order valence-corrected chi connectivity index (χ2v) is 9.88. The Morgan fingerprint density at radius 1 is 1.05 bits per heavy atom. The zero-order valence-electron chi connectivity index (χ0n) is 21.3. The Labute approximate surface area is 233 Å². The van der Waals surface area contributed by atoms with Crippen molar-refractivity contribution in [2.45, 2.75) is 26.7 Å². The number of hydrogen-bond donors (Lipinski definition) is 3. The van der Waals surface area contributed by atoms with E-state index in [4.69, 9.17) is 22.7 Å². The van der Waals surface area contributed by atoms with E-state index in [0.717, 1.165) is 27.8 Å². The number of aryl methyl sites for hydroxylation is 2. The van der Waals surface area contributed by atoms with Crippen molar-refractivity contribution in [2.24, 2.45) is 5.73 Å². The van der Waals surface area contributed by atoms with E-state index < -0.39 is 11.6 Å². The summed E-state index contributed by atoms with van der Waals surface area (Å²) >= 11 is 7.08. The highest BCUT2D eigenvalue weighted by molar-refractivity contribution is 7.14. The van der Waals surface area contributed by atoms with Crippen LogP contribution >= 0.6 is 22.9 Å². The average Bonchev–Trinajstić information content (AvgIpc) is 3.46. The highest BCUT2D eigenvalue weighted by Crippen LogP contribution is 2.30. The lowest BCUT2D eigenvalue weighted by Crippen LogP contribution is -2.38. The van der Waals surface area contributed by atoms with E-state index in [2.05, 4.69) is 5.32 Å². The maximum absolute atomic E-state index is 12.5. The van der Waals surface area contributed by atoms with Crippen molar-refractivity contribution < 1.29 is 23.2 Å². The number of nitrogens with one attached hydrogen (secondary N) is 2. The summed E-state index contributed by atoms with van der Waals surface area (Å²) in [4.78, 5) is 39.7. The van der Waals surface area contributed by atoms with E-state index >= 15 is 0 Å². The van der Waals surface area contributed by atoms with Crippen LogP contribution in [0.4, 0.5) is 8.78 Å². The number of imide groups is 1. The Balaban J connectivity index is 0.000000353. The van der Waals surface area contributed by atoms with Crippen LogP contribution in [-0.4, -0.2) is 40.9 Å². The normalized spacial score (nSPS) is 12.6. The molecule has 1 aliphatic rings. The summed E-state index contributed by atoms with van der Waals surface area (Å²) in [5, 5.41) is 10.2. The molecule has 204 valence electrons. The zero-order valence-corrected chi connectivity index (χ0v) is 22.9. The van der Waals surface area contributed by atoms with Gasteiger partial charge in [-0.3, -0.25) is 24.7 Å². The molecular formula is C28H27ClF2N4O3S. The molecule has 0 spiro atoms. The lowest BCUT2D eigenvalue weighted by Gasteiger charge is -2.13. The van der Waals surface area contributed by atoms with Crippen LogP contribution in [0.3, 0.4) is 0 Å². The third-order valence-corrected chi connectivity index (χ3v) is 7.42. The molecule has 0 unspecified atom stereocenters. The third kappa shape index (κ3) is 6.76. The van der Waals surface area contributed by atoms with E-state index in [1.54, 1.807) is 36.4 Å². The maximum Gasteiger partial charge on any atom is 0.261 e. The highest BCUT2D eigenvalue weighted by Gasteiger charge is 2.34. The summed E-state index contributed by atoms with van der Waals surface area (Å²) < 4.78 is 24.7. The molecule has 7 nitrogen and oxygen atoms in total. The van der Waals surface area contributed by atoms with E-state index in [1.807, 2.05) is 13.8 Å². The molecule has 39 heavy (non-hydrogen) atoms. The molecule has 4 rings (SSSR count). The molecule has 1 aromatic heterocycles. The molecule has 0 saturated heterocycles. The summed E-state index contributed by atoms with van der Waals surface area (Å²) in [5.41, 5.74) is 8.17. The number of fused-ring (bicyclic) bond motifs is 1. The van der Waals surface area contributed by atoms with Crippen molar-refractivity contribution in [3.63, 3.8) is 0 Å². The lowest BCUT2D eigenvalue weighted by atomic mass is 10.1. The van der Waals surface area contributed by atoms with Gasteiger partial charge in [0.25, 0.3) is 17.7 Å². The SMILES string of the molecule is CCc1ccc(F)c(F)c1.CCc1sc(C(=O)NCCN2C(=O)c3ccccc3C2=O)cc1/C(=C/N)C(=N)Cl. The summed E-state index contributed by atoms with van der Waals surface area (Å²) in [7, 11) is 0. The molecule has 0 atom stereocenters. The van der Waals surface area contributed by atoms with Crippen LogP contribution in [0, 0.1) is 17.0 Å².